The Labute approximate surface area is 187 Å². The first-order chi connectivity index (χ1) is 15.4. The normalized spacial score (nSPS) is 10.4. The van der Waals surface area contributed by atoms with E-state index in [0.717, 1.165) is 16.7 Å². The van der Waals surface area contributed by atoms with Crippen LogP contribution in [0.3, 0.4) is 0 Å². The van der Waals surface area contributed by atoms with Crippen LogP contribution < -0.4 is 14.2 Å². The zero-order chi connectivity index (χ0) is 23.1. The summed E-state index contributed by atoms with van der Waals surface area (Å²) in [5, 5.41) is 0. The summed E-state index contributed by atoms with van der Waals surface area (Å²) in [7, 11) is 2.94. The van der Waals surface area contributed by atoms with E-state index in [1.807, 2.05) is 43.3 Å². The van der Waals surface area contributed by atoms with E-state index in [2.05, 4.69) is 0 Å². The summed E-state index contributed by atoms with van der Waals surface area (Å²) in [6.45, 7) is 3.83. The maximum absolute atomic E-state index is 12.1. The quantitative estimate of drug-likeness (QED) is 0.343. The van der Waals surface area contributed by atoms with Crippen molar-refractivity contribution in [2.24, 2.45) is 0 Å². The topological polar surface area (TPSA) is 71.1 Å². The van der Waals surface area contributed by atoms with Gasteiger partial charge >= 0.3 is 5.97 Å². The van der Waals surface area contributed by atoms with E-state index in [1.54, 1.807) is 31.4 Å². The minimum absolute atomic E-state index is 0.0215. The molecular weight excluding hydrogens is 408 g/mol. The second-order valence-corrected chi connectivity index (χ2v) is 7.24. The highest BCUT2D eigenvalue weighted by molar-refractivity contribution is 5.94. The third-order valence-electron chi connectivity index (χ3n) is 5.03. The molecule has 0 unspecified atom stereocenters. The number of esters is 1. The van der Waals surface area contributed by atoms with Crippen molar-refractivity contribution in [2.75, 3.05) is 14.2 Å². The molecular formula is C26H26O6. The lowest BCUT2D eigenvalue weighted by Gasteiger charge is -2.14. The fourth-order valence-corrected chi connectivity index (χ4v) is 3.33. The van der Waals surface area contributed by atoms with Crippen LogP contribution in [0.5, 0.6) is 17.2 Å². The molecule has 0 saturated carbocycles. The van der Waals surface area contributed by atoms with E-state index in [9.17, 15) is 9.59 Å². The second kappa shape index (κ2) is 10.5. The average Bonchev–Trinajstić information content (AvgIpc) is 2.81. The van der Waals surface area contributed by atoms with Gasteiger partial charge < -0.3 is 18.9 Å². The van der Waals surface area contributed by atoms with E-state index < -0.39 is 0 Å². The maximum atomic E-state index is 12.1. The van der Waals surface area contributed by atoms with Crippen molar-refractivity contribution in [3.63, 3.8) is 0 Å². The highest BCUT2D eigenvalue weighted by Crippen LogP contribution is 2.26. The van der Waals surface area contributed by atoms with Gasteiger partial charge in [0.05, 0.1) is 19.8 Å². The van der Waals surface area contributed by atoms with Gasteiger partial charge in [0.15, 0.2) is 5.78 Å². The Morgan fingerprint density at radius 2 is 1.47 bits per heavy atom. The lowest BCUT2D eigenvalue weighted by Crippen LogP contribution is -2.10. The predicted octanol–water partition coefficient (Wildman–Crippen LogP) is 5.15. The van der Waals surface area contributed by atoms with Gasteiger partial charge in [-0.1, -0.05) is 24.3 Å². The van der Waals surface area contributed by atoms with Gasteiger partial charge in [-0.25, -0.2) is 4.79 Å². The van der Waals surface area contributed by atoms with Crippen molar-refractivity contribution < 1.29 is 28.5 Å². The molecule has 0 heterocycles. The molecule has 32 heavy (non-hydrogen) atoms. The monoisotopic (exact) mass is 434 g/mol. The molecule has 0 aliphatic rings. The van der Waals surface area contributed by atoms with Crippen LogP contribution >= 0.6 is 0 Å². The van der Waals surface area contributed by atoms with Crippen LogP contribution in [0.1, 0.15) is 44.3 Å². The van der Waals surface area contributed by atoms with Gasteiger partial charge in [0.25, 0.3) is 0 Å². The molecule has 0 bridgehead atoms. The summed E-state index contributed by atoms with van der Waals surface area (Å²) in [6, 6.07) is 18.1. The Kier molecular flexibility index (Phi) is 7.49. The Morgan fingerprint density at radius 3 is 2.09 bits per heavy atom. The van der Waals surface area contributed by atoms with Gasteiger partial charge in [-0.05, 0) is 49.7 Å². The van der Waals surface area contributed by atoms with E-state index in [4.69, 9.17) is 18.9 Å². The predicted molar refractivity (Wildman–Crippen MR) is 121 cm³/mol. The molecule has 0 amide bonds. The van der Waals surface area contributed by atoms with Gasteiger partial charge in [0.2, 0.25) is 0 Å². The minimum atomic E-state index is -0.388. The third-order valence-corrected chi connectivity index (χ3v) is 5.03. The molecule has 3 aromatic rings. The highest BCUT2D eigenvalue weighted by atomic mass is 16.5. The zero-order valence-electron chi connectivity index (χ0n) is 18.6. The molecule has 6 nitrogen and oxygen atoms in total. The number of aryl methyl sites for hydroxylation is 1. The number of methoxy groups -OCH3 is 2. The van der Waals surface area contributed by atoms with Gasteiger partial charge in [-0.2, -0.15) is 0 Å². The first kappa shape index (κ1) is 22.9. The molecule has 0 aliphatic carbocycles. The summed E-state index contributed by atoms with van der Waals surface area (Å²) in [4.78, 5) is 23.8. The molecule has 0 fully saturated rings. The number of benzene rings is 3. The van der Waals surface area contributed by atoms with Crippen LogP contribution in [0.25, 0.3) is 0 Å². The number of ether oxygens (including phenoxy) is 4. The van der Waals surface area contributed by atoms with Gasteiger partial charge in [0.1, 0.15) is 30.5 Å². The molecule has 0 N–H and O–H groups in total. The molecule has 3 rings (SSSR count). The SMILES string of the molecule is COC(=O)c1c(C)cccc1COc1cccc(OCc2cc(C(C)=O)ccc2OC)c1. The standard InChI is InChI=1S/C26H26O6/c1-17-7-5-8-20(25(17)26(28)30-4)15-31-22-9-6-10-23(14-22)32-16-21-13-19(18(2)27)11-12-24(21)29-3/h5-14H,15-16H2,1-4H3. The summed E-state index contributed by atoms with van der Waals surface area (Å²) in [5.41, 5.74) is 3.46. The Morgan fingerprint density at radius 1 is 0.812 bits per heavy atom. The molecule has 0 spiro atoms. The number of hydrogen-bond acceptors (Lipinski definition) is 6. The zero-order valence-corrected chi connectivity index (χ0v) is 18.6. The Bertz CT molecular complexity index is 1120. The van der Waals surface area contributed by atoms with Gasteiger partial charge in [-0.15, -0.1) is 0 Å². The first-order valence-electron chi connectivity index (χ1n) is 10.1. The van der Waals surface area contributed by atoms with Crippen molar-refractivity contribution in [1.82, 2.24) is 0 Å². The first-order valence-corrected chi connectivity index (χ1v) is 10.1. The number of carbonyl (C=O) groups excluding carboxylic acids is 2. The number of hydrogen-bond donors (Lipinski definition) is 0. The van der Waals surface area contributed by atoms with Crippen molar-refractivity contribution in [3.05, 3.63) is 88.5 Å². The van der Waals surface area contributed by atoms with Crippen molar-refractivity contribution in [3.8, 4) is 17.2 Å². The third kappa shape index (κ3) is 5.46. The Hall–Kier alpha value is -3.80. The number of rotatable bonds is 9. The second-order valence-electron chi connectivity index (χ2n) is 7.24. The Balaban J connectivity index is 1.71. The smallest absolute Gasteiger partial charge is 0.338 e. The van der Waals surface area contributed by atoms with Crippen LogP contribution in [0, 0.1) is 6.92 Å². The number of ketones is 1. The average molecular weight is 434 g/mol. The van der Waals surface area contributed by atoms with Gasteiger partial charge in [0, 0.05) is 22.8 Å². The van der Waals surface area contributed by atoms with Crippen LogP contribution in [0.2, 0.25) is 0 Å². The van der Waals surface area contributed by atoms with Crippen molar-refractivity contribution in [1.29, 1.82) is 0 Å². The van der Waals surface area contributed by atoms with Crippen LogP contribution in [0.4, 0.5) is 0 Å². The highest BCUT2D eigenvalue weighted by Gasteiger charge is 2.15. The summed E-state index contributed by atoms with van der Waals surface area (Å²) < 4.78 is 22.1. The molecule has 6 heteroatoms. The molecule has 0 radical (unpaired) electrons. The largest absolute Gasteiger partial charge is 0.496 e. The van der Waals surface area contributed by atoms with E-state index in [0.29, 0.717) is 28.4 Å². The lowest BCUT2D eigenvalue weighted by molar-refractivity contribution is 0.0596. The fraction of sp³-hybridized carbons (Fsp3) is 0.231. The summed E-state index contributed by atoms with van der Waals surface area (Å²) in [5.74, 6) is 1.45. The van der Waals surface area contributed by atoms with Gasteiger partial charge in [-0.3, -0.25) is 4.79 Å². The van der Waals surface area contributed by atoms with Crippen LogP contribution in [-0.2, 0) is 18.0 Å². The molecule has 0 saturated heterocycles. The van der Waals surface area contributed by atoms with Crippen molar-refractivity contribution in [2.45, 2.75) is 27.1 Å². The molecule has 0 atom stereocenters. The summed E-state index contributed by atoms with van der Waals surface area (Å²) in [6.07, 6.45) is 0. The van der Waals surface area contributed by atoms with Crippen LogP contribution in [0.15, 0.2) is 60.7 Å². The molecule has 0 aliphatic heterocycles. The molecule has 3 aromatic carbocycles. The van der Waals surface area contributed by atoms with Crippen molar-refractivity contribution >= 4 is 11.8 Å². The number of Topliss-reactive ketones (excluding diaryl/α,β-unsaturated/α-hetero) is 1. The molecule has 0 aromatic heterocycles. The van der Waals surface area contributed by atoms with E-state index in [-0.39, 0.29) is 25.0 Å². The summed E-state index contributed by atoms with van der Waals surface area (Å²) >= 11 is 0. The number of carbonyl (C=O) groups is 2. The van der Waals surface area contributed by atoms with E-state index >= 15 is 0 Å². The fourth-order valence-electron chi connectivity index (χ4n) is 3.33. The van der Waals surface area contributed by atoms with E-state index in [1.165, 1.54) is 14.0 Å². The minimum Gasteiger partial charge on any atom is -0.496 e. The molecule has 166 valence electrons. The lowest BCUT2D eigenvalue weighted by atomic mass is 10.0. The maximum Gasteiger partial charge on any atom is 0.338 e. The van der Waals surface area contributed by atoms with Crippen LogP contribution in [-0.4, -0.2) is 26.0 Å².